The van der Waals surface area contributed by atoms with E-state index in [9.17, 15) is 8.78 Å². The SMILES string of the molecule is C=C/C(F)=C1\NC(c2ccccc2F)=C(C)N=C1N1CCC2(CC1)Cc1cccnc1C2. The molecule has 1 aliphatic carbocycles. The summed E-state index contributed by atoms with van der Waals surface area (Å²) in [6, 6.07) is 10.6. The standard InChI is InChI=1S/C26H26F2N4/c1-3-20(27)24-25(30-17(2)23(31-24)19-8-4-5-9-21(19)28)32-13-10-26(11-14-32)15-18-7-6-12-29-22(18)16-26/h3-9,12,31H,1,10-11,13-16H2,2H3/b24-20+. The first-order valence-electron chi connectivity index (χ1n) is 11.0. The van der Waals surface area contributed by atoms with Crippen molar-refractivity contribution < 1.29 is 8.78 Å². The Morgan fingerprint density at radius 1 is 1.16 bits per heavy atom. The molecule has 0 saturated carbocycles. The minimum absolute atomic E-state index is 0.222. The maximum Gasteiger partial charge on any atom is 0.155 e. The Morgan fingerprint density at radius 3 is 2.66 bits per heavy atom. The number of likely N-dealkylation sites (tertiary alicyclic amines) is 1. The zero-order valence-electron chi connectivity index (χ0n) is 18.2. The molecule has 0 unspecified atom stereocenters. The summed E-state index contributed by atoms with van der Waals surface area (Å²) in [5.74, 6) is -0.313. The lowest BCUT2D eigenvalue weighted by molar-refractivity contribution is 0.157. The molecule has 1 saturated heterocycles. The molecule has 3 heterocycles. The third-order valence-corrected chi connectivity index (χ3v) is 6.89. The Hall–Kier alpha value is -3.28. The first-order chi connectivity index (χ1) is 15.5. The quantitative estimate of drug-likeness (QED) is 0.713. The van der Waals surface area contributed by atoms with Crippen LogP contribution >= 0.6 is 0 Å². The fraction of sp³-hybridized carbons (Fsp3) is 0.308. The Balaban J connectivity index is 1.43. The molecule has 6 heteroatoms. The molecule has 5 rings (SSSR count). The second-order valence-corrected chi connectivity index (χ2v) is 8.88. The van der Waals surface area contributed by atoms with Gasteiger partial charge in [-0.3, -0.25) is 4.98 Å². The molecule has 1 spiro atoms. The van der Waals surface area contributed by atoms with Crippen LogP contribution in [0, 0.1) is 11.2 Å². The molecule has 2 aromatic rings. The summed E-state index contributed by atoms with van der Waals surface area (Å²) in [5.41, 5.74) is 4.51. The van der Waals surface area contributed by atoms with Crippen LogP contribution in [0.5, 0.6) is 0 Å². The van der Waals surface area contributed by atoms with E-state index < -0.39 is 5.83 Å². The van der Waals surface area contributed by atoms with Gasteiger partial charge in [0.2, 0.25) is 0 Å². The van der Waals surface area contributed by atoms with Gasteiger partial charge in [-0.15, -0.1) is 0 Å². The highest BCUT2D eigenvalue weighted by Crippen LogP contribution is 2.44. The molecule has 0 amide bonds. The summed E-state index contributed by atoms with van der Waals surface area (Å²) in [7, 11) is 0. The van der Waals surface area contributed by atoms with Gasteiger partial charge in [0.1, 0.15) is 17.3 Å². The molecular weight excluding hydrogens is 406 g/mol. The van der Waals surface area contributed by atoms with Gasteiger partial charge in [0.05, 0.1) is 11.4 Å². The van der Waals surface area contributed by atoms with E-state index in [4.69, 9.17) is 4.99 Å². The van der Waals surface area contributed by atoms with E-state index in [2.05, 4.69) is 27.8 Å². The Labute approximate surface area is 187 Å². The van der Waals surface area contributed by atoms with Crippen LogP contribution in [0.1, 0.15) is 36.6 Å². The number of pyridine rings is 1. The molecule has 4 nitrogen and oxygen atoms in total. The lowest BCUT2D eigenvalue weighted by atomic mass is 9.76. The molecular formula is C26H26F2N4. The van der Waals surface area contributed by atoms with Gasteiger partial charge in [-0.1, -0.05) is 24.8 Å². The summed E-state index contributed by atoms with van der Waals surface area (Å²) >= 11 is 0. The van der Waals surface area contributed by atoms with Crippen LogP contribution in [-0.4, -0.2) is 28.8 Å². The smallest absolute Gasteiger partial charge is 0.155 e. The largest absolute Gasteiger partial charge is 0.355 e. The number of benzene rings is 1. The van der Waals surface area contributed by atoms with E-state index in [-0.39, 0.29) is 16.9 Å². The zero-order valence-corrected chi connectivity index (χ0v) is 18.2. The van der Waals surface area contributed by atoms with Crippen molar-refractivity contribution in [3.05, 3.63) is 95.1 Å². The average molecular weight is 433 g/mol. The number of hydrogen-bond donors (Lipinski definition) is 1. The number of nitrogens with one attached hydrogen (secondary N) is 1. The number of aromatic nitrogens is 1. The monoisotopic (exact) mass is 432 g/mol. The highest BCUT2D eigenvalue weighted by Gasteiger charge is 2.41. The van der Waals surface area contributed by atoms with Crippen molar-refractivity contribution in [2.45, 2.75) is 32.6 Å². The van der Waals surface area contributed by atoms with Crippen LogP contribution in [0.2, 0.25) is 0 Å². The number of allylic oxidation sites excluding steroid dienone is 3. The lowest BCUT2D eigenvalue weighted by Gasteiger charge is -2.41. The molecule has 1 fully saturated rings. The lowest BCUT2D eigenvalue weighted by Crippen LogP contribution is -2.46. The van der Waals surface area contributed by atoms with Gasteiger partial charge in [-0.2, -0.15) is 0 Å². The van der Waals surface area contributed by atoms with Crippen LogP contribution in [0.3, 0.4) is 0 Å². The van der Waals surface area contributed by atoms with Gasteiger partial charge in [0.25, 0.3) is 0 Å². The summed E-state index contributed by atoms with van der Waals surface area (Å²) in [6.45, 7) is 6.97. The van der Waals surface area contributed by atoms with Gasteiger partial charge in [0, 0.05) is 30.5 Å². The van der Waals surface area contributed by atoms with E-state index in [1.807, 2.05) is 19.2 Å². The predicted molar refractivity (Wildman–Crippen MR) is 123 cm³/mol. The number of halogens is 2. The van der Waals surface area contributed by atoms with E-state index in [0.29, 0.717) is 22.8 Å². The number of aliphatic imine (C=N–C) groups is 1. The van der Waals surface area contributed by atoms with Crippen molar-refractivity contribution in [2.24, 2.45) is 10.4 Å². The van der Waals surface area contributed by atoms with Crippen molar-refractivity contribution in [3.63, 3.8) is 0 Å². The second-order valence-electron chi connectivity index (χ2n) is 8.88. The van der Waals surface area contributed by atoms with Crippen molar-refractivity contribution in [2.75, 3.05) is 13.1 Å². The number of rotatable bonds is 2. The maximum atomic E-state index is 14.9. The van der Waals surface area contributed by atoms with Crippen LogP contribution in [-0.2, 0) is 12.8 Å². The fourth-order valence-corrected chi connectivity index (χ4v) is 5.13. The van der Waals surface area contributed by atoms with Crippen LogP contribution in [0.15, 0.2) is 77.5 Å². The van der Waals surface area contributed by atoms with Crippen LogP contribution in [0.25, 0.3) is 5.70 Å². The number of piperidine rings is 1. The highest BCUT2D eigenvalue weighted by molar-refractivity contribution is 6.03. The molecule has 0 radical (unpaired) electrons. The van der Waals surface area contributed by atoms with Crippen molar-refractivity contribution in [3.8, 4) is 0 Å². The molecule has 1 N–H and O–H groups in total. The third kappa shape index (κ3) is 3.53. The first-order valence-corrected chi connectivity index (χ1v) is 11.0. The fourth-order valence-electron chi connectivity index (χ4n) is 5.13. The van der Waals surface area contributed by atoms with E-state index in [0.717, 1.165) is 38.8 Å². The number of fused-ring (bicyclic) bond motifs is 1. The first kappa shape index (κ1) is 20.6. The average Bonchev–Trinajstić information content (AvgIpc) is 3.17. The van der Waals surface area contributed by atoms with Crippen molar-refractivity contribution in [1.29, 1.82) is 0 Å². The third-order valence-electron chi connectivity index (χ3n) is 6.89. The predicted octanol–water partition coefficient (Wildman–Crippen LogP) is 5.16. The number of amidine groups is 1. The molecule has 164 valence electrons. The van der Waals surface area contributed by atoms with E-state index in [1.165, 1.54) is 23.4 Å². The van der Waals surface area contributed by atoms with Crippen LogP contribution < -0.4 is 5.32 Å². The molecule has 32 heavy (non-hydrogen) atoms. The molecule has 3 aliphatic rings. The number of hydrogen-bond acceptors (Lipinski definition) is 4. The Bertz CT molecular complexity index is 1140. The molecule has 1 aromatic heterocycles. The molecule has 2 aliphatic heterocycles. The van der Waals surface area contributed by atoms with Gasteiger partial charge in [-0.05, 0) is 67.9 Å². The summed E-state index contributed by atoms with van der Waals surface area (Å²) < 4.78 is 29.3. The maximum absolute atomic E-state index is 14.9. The van der Waals surface area contributed by atoms with Crippen molar-refractivity contribution >= 4 is 11.5 Å². The molecule has 1 aromatic carbocycles. The van der Waals surface area contributed by atoms with Crippen LogP contribution in [0.4, 0.5) is 8.78 Å². The summed E-state index contributed by atoms with van der Waals surface area (Å²) in [4.78, 5) is 11.4. The zero-order chi connectivity index (χ0) is 22.3. The van der Waals surface area contributed by atoms with Gasteiger partial charge >= 0.3 is 0 Å². The van der Waals surface area contributed by atoms with Gasteiger partial charge in [0.15, 0.2) is 5.84 Å². The van der Waals surface area contributed by atoms with Gasteiger partial charge in [-0.25, -0.2) is 13.8 Å². The minimum atomic E-state index is -0.497. The Kier molecular flexibility index (Phi) is 5.16. The molecule has 0 atom stereocenters. The normalized spacial score (nSPS) is 21.2. The number of nitrogens with zero attached hydrogens (tertiary/aromatic N) is 3. The van der Waals surface area contributed by atoms with E-state index >= 15 is 0 Å². The topological polar surface area (TPSA) is 40.5 Å². The summed E-state index contributed by atoms with van der Waals surface area (Å²) in [6.07, 6.45) is 7.08. The Morgan fingerprint density at radius 2 is 1.94 bits per heavy atom. The minimum Gasteiger partial charge on any atom is -0.355 e. The highest BCUT2D eigenvalue weighted by atomic mass is 19.1. The van der Waals surface area contributed by atoms with Crippen molar-refractivity contribution in [1.82, 2.24) is 15.2 Å². The second kappa shape index (κ2) is 8.01. The summed E-state index contributed by atoms with van der Waals surface area (Å²) in [5, 5.41) is 3.12. The molecule has 0 bridgehead atoms. The van der Waals surface area contributed by atoms with Gasteiger partial charge < -0.3 is 10.2 Å². The van der Waals surface area contributed by atoms with E-state index in [1.54, 1.807) is 18.2 Å².